The number of halogens is 1. The summed E-state index contributed by atoms with van der Waals surface area (Å²) in [5.74, 6) is 0.987. The quantitative estimate of drug-likeness (QED) is 0.744. The predicted octanol–water partition coefficient (Wildman–Crippen LogP) is 4.54. The van der Waals surface area contributed by atoms with Crippen LogP contribution in [0, 0.1) is 6.92 Å². The Kier molecular flexibility index (Phi) is 3.69. The van der Waals surface area contributed by atoms with Crippen molar-refractivity contribution in [2.24, 2.45) is 0 Å². The minimum Gasteiger partial charge on any atom is -0.368 e. The molecule has 6 heteroatoms. The van der Waals surface area contributed by atoms with Gasteiger partial charge in [0, 0.05) is 15.6 Å². The molecule has 3 aromatic rings. The third kappa shape index (κ3) is 2.80. The van der Waals surface area contributed by atoms with Gasteiger partial charge in [0.1, 0.15) is 10.6 Å². The molecule has 0 radical (unpaired) electrons. The fourth-order valence-electron chi connectivity index (χ4n) is 2.06. The van der Waals surface area contributed by atoms with Gasteiger partial charge in [-0.15, -0.1) is 11.3 Å². The topological polar surface area (TPSA) is 63.8 Å². The minimum absolute atomic E-state index is 0.271. The second kappa shape index (κ2) is 5.50. The summed E-state index contributed by atoms with van der Waals surface area (Å²) in [6, 6.07) is 7.93. The highest BCUT2D eigenvalue weighted by molar-refractivity contribution is 7.18. The van der Waals surface area contributed by atoms with Gasteiger partial charge in [-0.25, -0.2) is 4.98 Å². The molecule has 0 aliphatic carbocycles. The normalized spacial score (nSPS) is 11.0. The first-order chi connectivity index (χ1) is 10.1. The number of hydrogen-bond acceptors (Lipinski definition) is 5. The Morgan fingerprint density at radius 2 is 2.10 bits per heavy atom. The molecule has 2 heterocycles. The Morgan fingerprint density at radius 3 is 2.81 bits per heavy atom. The highest BCUT2D eigenvalue weighted by Gasteiger charge is 2.11. The van der Waals surface area contributed by atoms with Crippen LogP contribution in [-0.4, -0.2) is 9.97 Å². The highest BCUT2D eigenvalue weighted by atomic mass is 35.5. The van der Waals surface area contributed by atoms with Gasteiger partial charge in [0.15, 0.2) is 0 Å². The fraction of sp³-hybridized carbons (Fsp3) is 0.200. The van der Waals surface area contributed by atoms with Gasteiger partial charge in [0.25, 0.3) is 0 Å². The molecule has 108 valence electrons. The van der Waals surface area contributed by atoms with Gasteiger partial charge in [-0.3, -0.25) is 0 Å². The predicted molar refractivity (Wildman–Crippen MR) is 90.7 cm³/mol. The van der Waals surface area contributed by atoms with Gasteiger partial charge in [-0.2, -0.15) is 4.98 Å². The molecule has 0 aliphatic heterocycles. The molecule has 4 nitrogen and oxygen atoms in total. The van der Waals surface area contributed by atoms with E-state index in [1.807, 2.05) is 25.1 Å². The molecule has 3 N–H and O–H groups in total. The maximum Gasteiger partial charge on any atom is 0.223 e. The van der Waals surface area contributed by atoms with E-state index < -0.39 is 0 Å². The van der Waals surface area contributed by atoms with E-state index in [0.29, 0.717) is 5.82 Å². The van der Waals surface area contributed by atoms with Crippen LogP contribution in [-0.2, 0) is 6.42 Å². The summed E-state index contributed by atoms with van der Waals surface area (Å²) in [6.45, 7) is 4.09. The van der Waals surface area contributed by atoms with E-state index in [1.54, 1.807) is 11.3 Å². The van der Waals surface area contributed by atoms with Gasteiger partial charge in [0.05, 0.1) is 5.39 Å². The number of anilines is 3. The summed E-state index contributed by atoms with van der Waals surface area (Å²) in [4.78, 5) is 10.8. The molecule has 2 aromatic heterocycles. The number of benzene rings is 1. The van der Waals surface area contributed by atoms with Crippen molar-refractivity contribution >= 4 is 50.6 Å². The summed E-state index contributed by atoms with van der Waals surface area (Å²) in [6.07, 6.45) is 0.969. The number of rotatable bonds is 3. The molecule has 0 fully saturated rings. The summed E-state index contributed by atoms with van der Waals surface area (Å²) in [7, 11) is 0. The smallest absolute Gasteiger partial charge is 0.223 e. The van der Waals surface area contributed by atoms with Gasteiger partial charge < -0.3 is 11.1 Å². The van der Waals surface area contributed by atoms with Crippen LogP contribution < -0.4 is 11.1 Å². The molecule has 0 atom stereocenters. The molecule has 0 bridgehead atoms. The van der Waals surface area contributed by atoms with Crippen molar-refractivity contribution in [3.05, 3.63) is 39.7 Å². The molecule has 0 amide bonds. The van der Waals surface area contributed by atoms with Crippen molar-refractivity contribution in [2.75, 3.05) is 11.1 Å². The third-order valence-electron chi connectivity index (χ3n) is 3.24. The van der Waals surface area contributed by atoms with Crippen LogP contribution in [0.2, 0.25) is 5.02 Å². The van der Waals surface area contributed by atoms with Crippen LogP contribution in [0.5, 0.6) is 0 Å². The van der Waals surface area contributed by atoms with Crippen LogP contribution in [0.25, 0.3) is 10.2 Å². The highest BCUT2D eigenvalue weighted by Crippen LogP contribution is 2.32. The molecular weight excluding hydrogens is 304 g/mol. The van der Waals surface area contributed by atoms with Crippen molar-refractivity contribution in [3.8, 4) is 0 Å². The lowest BCUT2D eigenvalue weighted by Crippen LogP contribution is -2.00. The SMILES string of the molecule is CCc1cc2c(Nc3ccc(C)c(Cl)c3)nc(N)nc2s1. The molecule has 0 aliphatic rings. The van der Waals surface area contributed by atoms with Crippen molar-refractivity contribution in [2.45, 2.75) is 20.3 Å². The van der Waals surface area contributed by atoms with Crippen LogP contribution >= 0.6 is 22.9 Å². The van der Waals surface area contributed by atoms with Gasteiger partial charge >= 0.3 is 0 Å². The van der Waals surface area contributed by atoms with Crippen molar-refractivity contribution in [1.82, 2.24) is 9.97 Å². The lowest BCUT2D eigenvalue weighted by atomic mass is 10.2. The maximum atomic E-state index is 6.16. The van der Waals surface area contributed by atoms with Crippen molar-refractivity contribution in [3.63, 3.8) is 0 Å². The fourth-order valence-corrected chi connectivity index (χ4v) is 3.22. The molecule has 0 spiro atoms. The Labute approximate surface area is 132 Å². The zero-order chi connectivity index (χ0) is 15.0. The van der Waals surface area contributed by atoms with E-state index in [2.05, 4.69) is 28.3 Å². The van der Waals surface area contributed by atoms with Crippen molar-refractivity contribution in [1.29, 1.82) is 0 Å². The number of nitrogen functional groups attached to an aromatic ring is 1. The van der Waals surface area contributed by atoms with E-state index in [0.717, 1.165) is 32.9 Å². The molecule has 1 aromatic carbocycles. The number of nitrogens with zero attached hydrogens (tertiary/aromatic N) is 2. The summed E-state index contributed by atoms with van der Waals surface area (Å²) >= 11 is 7.81. The molecule has 0 unspecified atom stereocenters. The second-order valence-electron chi connectivity index (χ2n) is 4.80. The van der Waals surface area contributed by atoms with Crippen LogP contribution in [0.3, 0.4) is 0 Å². The van der Waals surface area contributed by atoms with Gasteiger partial charge in [-0.1, -0.05) is 24.6 Å². The number of nitrogens with two attached hydrogens (primary N) is 1. The van der Waals surface area contributed by atoms with E-state index in [-0.39, 0.29) is 5.95 Å². The number of fused-ring (bicyclic) bond motifs is 1. The Bertz CT molecular complexity index is 813. The zero-order valence-corrected chi connectivity index (χ0v) is 13.3. The van der Waals surface area contributed by atoms with E-state index in [4.69, 9.17) is 17.3 Å². The second-order valence-corrected chi connectivity index (χ2v) is 6.33. The minimum atomic E-state index is 0.271. The first-order valence-corrected chi connectivity index (χ1v) is 7.85. The molecule has 3 rings (SSSR count). The summed E-state index contributed by atoms with van der Waals surface area (Å²) in [5.41, 5.74) is 7.73. The number of aromatic nitrogens is 2. The lowest BCUT2D eigenvalue weighted by molar-refractivity contribution is 1.19. The Hall–Kier alpha value is -1.85. The average Bonchev–Trinajstić information content (AvgIpc) is 2.86. The van der Waals surface area contributed by atoms with E-state index in [9.17, 15) is 0 Å². The molecule has 0 saturated carbocycles. The molecular formula is C15H15ClN4S. The first kappa shape index (κ1) is 14.1. The third-order valence-corrected chi connectivity index (χ3v) is 4.82. The Balaban J connectivity index is 2.06. The number of nitrogens with one attached hydrogen (secondary N) is 1. The van der Waals surface area contributed by atoms with E-state index >= 15 is 0 Å². The molecule has 21 heavy (non-hydrogen) atoms. The van der Waals surface area contributed by atoms with Gasteiger partial charge in [-0.05, 0) is 37.1 Å². The Morgan fingerprint density at radius 1 is 1.29 bits per heavy atom. The average molecular weight is 319 g/mol. The zero-order valence-electron chi connectivity index (χ0n) is 11.8. The lowest BCUT2D eigenvalue weighted by Gasteiger charge is -2.08. The number of hydrogen-bond donors (Lipinski definition) is 2. The standard InChI is InChI=1S/C15H15ClN4S/c1-3-10-7-11-13(19-15(17)20-14(11)21-10)18-9-5-4-8(2)12(16)6-9/h4-7H,3H2,1-2H3,(H3,17,18,19,20). The number of thiophene rings is 1. The van der Waals surface area contributed by atoms with Crippen LogP contribution in [0.4, 0.5) is 17.5 Å². The van der Waals surface area contributed by atoms with Crippen LogP contribution in [0.15, 0.2) is 24.3 Å². The van der Waals surface area contributed by atoms with Crippen molar-refractivity contribution < 1.29 is 0 Å². The van der Waals surface area contributed by atoms with E-state index in [1.165, 1.54) is 4.88 Å². The largest absolute Gasteiger partial charge is 0.368 e. The van der Waals surface area contributed by atoms with Gasteiger partial charge in [0.2, 0.25) is 5.95 Å². The summed E-state index contributed by atoms with van der Waals surface area (Å²) < 4.78 is 0. The monoisotopic (exact) mass is 318 g/mol. The maximum absolute atomic E-state index is 6.16. The number of aryl methyl sites for hydroxylation is 2. The first-order valence-electron chi connectivity index (χ1n) is 6.66. The molecule has 0 saturated heterocycles. The van der Waals surface area contributed by atoms with Crippen LogP contribution in [0.1, 0.15) is 17.4 Å². The summed E-state index contributed by atoms with van der Waals surface area (Å²) in [5, 5.41) is 4.99.